The van der Waals surface area contributed by atoms with Crippen LogP contribution in [0, 0.1) is 13.8 Å². The highest BCUT2D eigenvalue weighted by Gasteiger charge is 2.18. The molecule has 0 aromatic heterocycles. The van der Waals surface area contributed by atoms with Crippen molar-refractivity contribution in [2.24, 2.45) is 5.73 Å². The minimum Gasteiger partial charge on any atom is -0.398 e. The van der Waals surface area contributed by atoms with Gasteiger partial charge < -0.3 is 11.5 Å². The fraction of sp³-hybridized carbons (Fsp3) is 0.333. The molecule has 84 valence electrons. The van der Waals surface area contributed by atoms with Gasteiger partial charge in [-0.05, 0) is 36.6 Å². The fourth-order valence-electron chi connectivity index (χ4n) is 1.44. The minimum absolute atomic E-state index is 0.175. The summed E-state index contributed by atoms with van der Waals surface area (Å²) in [6, 6.07) is 1.36. The van der Waals surface area contributed by atoms with Gasteiger partial charge in [-0.15, -0.1) is 0 Å². The van der Waals surface area contributed by atoms with Crippen molar-refractivity contribution in [3.05, 3.63) is 22.8 Å². The van der Waals surface area contributed by atoms with Gasteiger partial charge >= 0.3 is 0 Å². The van der Waals surface area contributed by atoms with Crippen LogP contribution in [0.3, 0.4) is 0 Å². The van der Waals surface area contributed by atoms with E-state index in [2.05, 4.69) is 0 Å². The Balaban J connectivity index is 3.64. The van der Waals surface area contributed by atoms with Crippen molar-refractivity contribution in [1.29, 1.82) is 0 Å². The third-order valence-electron chi connectivity index (χ3n) is 2.46. The lowest BCUT2D eigenvalue weighted by atomic mass is 10.0. The molecule has 0 unspecified atom stereocenters. The van der Waals surface area contributed by atoms with Crippen LogP contribution in [0.5, 0.6) is 0 Å². The highest BCUT2D eigenvalue weighted by molar-refractivity contribution is 7.85. The maximum absolute atomic E-state index is 11.0. The van der Waals surface area contributed by atoms with Gasteiger partial charge in [0.05, 0.1) is 4.90 Å². The molecule has 0 saturated heterocycles. The highest BCUT2D eigenvalue weighted by Crippen LogP contribution is 2.27. The first-order valence-electron chi connectivity index (χ1n) is 4.35. The Bertz CT molecular complexity index is 495. The van der Waals surface area contributed by atoms with Crippen LogP contribution in [-0.2, 0) is 16.7 Å². The molecule has 0 bridgehead atoms. The zero-order chi connectivity index (χ0) is 11.8. The Morgan fingerprint density at radius 1 is 1.33 bits per heavy atom. The predicted molar refractivity (Wildman–Crippen MR) is 58.0 cm³/mol. The number of nitrogens with two attached hydrogens (primary N) is 2. The van der Waals surface area contributed by atoms with Gasteiger partial charge in [-0.25, -0.2) is 0 Å². The summed E-state index contributed by atoms with van der Waals surface area (Å²) in [4.78, 5) is -0.175. The van der Waals surface area contributed by atoms with Crippen LogP contribution in [0.15, 0.2) is 11.0 Å². The first-order valence-corrected chi connectivity index (χ1v) is 5.79. The topological polar surface area (TPSA) is 106 Å². The van der Waals surface area contributed by atoms with Gasteiger partial charge in [0.15, 0.2) is 0 Å². The lowest BCUT2D eigenvalue weighted by Crippen LogP contribution is -2.09. The van der Waals surface area contributed by atoms with Crippen LogP contribution in [-0.4, -0.2) is 13.0 Å². The van der Waals surface area contributed by atoms with Crippen molar-refractivity contribution in [3.8, 4) is 0 Å². The maximum atomic E-state index is 11.0. The van der Waals surface area contributed by atoms with Crippen LogP contribution in [0.25, 0.3) is 0 Å². The first-order chi connectivity index (χ1) is 6.79. The highest BCUT2D eigenvalue weighted by atomic mass is 32.2. The lowest BCUT2D eigenvalue weighted by molar-refractivity contribution is 0.482. The van der Waals surface area contributed by atoms with E-state index < -0.39 is 10.1 Å². The molecule has 0 heterocycles. The van der Waals surface area contributed by atoms with E-state index in [-0.39, 0.29) is 11.4 Å². The van der Waals surface area contributed by atoms with Crippen LogP contribution in [0.2, 0.25) is 0 Å². The van der Waals surface area contributed by atoms with Crippen LogP contribution < -0.4 is 11.5 Å². The van der Waals surface area contributed by atoms with E-state index in [1.54, 1.807) is 13.8 Å². The van der Waals surface area contributed by atoms with E-state index in [4.69, 9.17) is 16.0 Å². The number of nitrogen functional groups attached to an aromatic ring is 1. The van der Waals surface area contributed by atoms with Gasteiger partial charge in [0, 0.05) is 12.2 Å². The summed E-state index contributed by atoms with van der Waals surface area (Å²) in [6.07, 6.45) is 0. The molecule has 1 aromatic carbocycles. The van der Waals surface area contributed by atoms with Crippen molar-refractivity contribution < 1.29 is 13.0 Å². The van der Waals surface area contributed by atoms with E-state index in [9.17, 15) is 8.42 Å². The molecule has 1 rings (SSSR count). The molecule has 0 radical (unpaired) electrons. The number of rotatable bonds is 2. The van der Waals surface area contributed by atoms with Crippen LogP contribution >= 0.6 is 0 Å². The fourth-order valence-corrected chi connectivity index (χ4v) is 2.23. The molecule has 0 spiro atoms. The van der Waals surface area contributed by atoms with Gasteiger partial charge in [0.1, 0.15) is 0 Å². The summed E-state index contributed by atoms with van der Waals surface area (Å²) < 4.78 is 31.1. The van der Waals surface area contributed by atoms with Crippen molar-refractivity contribution >= 4 is 15.8 Å². The number of anilines is 1. The molecule has 0 atom stereocenters. The Kier molecular flexibility index (Phi) is 3.03. The lowest BCUT2D eigenvalue weighted by Gasteiger charge is -2.12. The second-order valence-electron chi connectivity index (χ2n) is 3.38. The summed E-state index contributed by atoms with van der Waals surface area (Å²) in [6.45, 7) is 3.49. The quantitative estimate of drug-likeness (QED) is 0.509. The maximum Gasteiger partial charge on any atom is 0.294 e. The van der Waals surface area contributed by atoms with E-state index in [1.807, 2.05) is 0 Å². The van der Waals surface area contributed by atoms with E-state index >= 15 is 0 Å². The van der Waals surface area contributed by atoms with Gasteiger partial charge in [-0.1, -0.05) is 0 Å². The standard InChI is InChI=1S/C9H14N2O3S/c1-5-7(4-10)3-8(15(12,13)14)6(2)9(5)11/h3H,4,10-11H2,1-2H3,(H,12,13,14). The van der Waals surface area contributed by atoms with E-state index in [0.717, 1.165) is 5.56 Å². The number of hydrogen-bond donors (Lipinski definition) is 3. The second-order valence-corrected chi connectivity index (χ2v) is 4.77. The molecule has 0 saturated carbocycles. The van der Waals surface area contributed by atoms with Gasteiger partial charge in [-0.2, -0.15) is 8.42 Å². The molecule has 0 aliphatic carbocycles. The molecule has 0 aliphatic heterocycles. The Morgan fingerprint density at radius 2 is 1.87 bits per heavy atom. The molecule has 15 heavy (non-hydrogen) atoms. The van der Waals surface area contributed by atoms with Crippen molar-refractivity contribution in [3.63, 3.8) is 0 Å². The molecular weight excluding hydrogens is 216 g/mol. The molecule has 6 heteroatoms. The SMILES string of the molecule is Cc1c(CN)cc(S(=O)(=O)O)c(C)c1N. The molecule has 5 nitrogen and oxygen atoms in total. The van der Waals surface area contributed by atoms with Crippen molar-refractivity contribution in [1.82, 2.24) is 0 Å². The van der Waals surface area contributed by atoms with Gasteiger partial charge in [0.25, 0.3) is 10.1 Å². The second kappa shape index (κ2) is 3.80. The Morgan fingerprint density at radius 3 is 2.27 bits per heavy atom. The zero-order valence-corrected chi connectivity index (χ0v) is 9.43. The molecule has 1 aromatic rings. The number of benzene rings is 1. The summed E-state index contributed by atoms with van der Waals surface area (Å²) in [5.74, 6) is 0. The zero-order valence-electron chi connectivity index (χ0n) is 8.61. The predicted octanol–water partition coefficient (Wildman–Crippen LogP) is 0.591. The summed E-state index contributed by atoms with van der Waals surface area (Å²) in [7, 11) is -4.24. The monoisotopic (exact) mass is 230 g/mol. The largest absolute Gasteiger partial charge is 0.398 e. The Hall–Kier alpha value is -1.11. The molecular formula is C9H14N2O3S. The molecule has 5 N–H and O–H groups in total. The van der Waals surface area contributed by atoms with Crippen LogP contribution in [0.1, 0.15) is 16.7 Å². The summed E-state index contributed by atoms with van der Waals surface area (Å²) in [5, 5.41) is 0. The van der Waals surface area contributed by atoms with Gasteiger partial charge in [-0.3, -0.25) is 4.55 Å². The third-order valence-corrected chi connectivity index (χ3v) is 3.44. The third kappa shape index (κ3) is 2.11. The molecule has 0 aliphatic rings. The first kappa shape index (κ1) is 12.0. The molecule has 0 fully saturated rings. The minimum atomic E-state index is -4.24. The summed E-state index contributed by atoms with van der Waals surface area (Å²) >= 11 is 0. The molecule has 0 amide bonds. The van der Waals surface area contributed by atoms with Crippen molar-refractivity contribution in [2.45, 2.75) is 25.3 Å². The average molecular weight is 230 g/mol. The Labute approximate surface area is 88.8 Å². The normalized spacial score (nSPS) is 11.7. The van der Waals surface area contributed by atoms with Crippen LogP contribution in [0.4, 0.5) is 5.69 Å². The number of hydrogen-bond acceptors (Lipinski definition) is 4. The average Bonchev–Trinajstić information content (AvgIpc) is 2.13. The smallest absolute Gasteiger partial charge is 0.294 e. The van der Waals surface area contributed by atoms with Gasteiger partial charge in [0.2, 0.25) is 0 Å². The van der Waals surface area contributed by atoms with E-state index in [1.165, 1.54) is 6.07 Å². The van der Waals surface area contributed by atoms with Crippen molar-refractivity contribution in [2.75, 3.05) is 5.73 Å². The van der Waals surface area contributed by atoms with E-state index in [0.29, 0.717) is 16.8 Å². The summed E-state index contributed by atoms with van der Waals surface area (Å²) in [5.41, 5.74) is 13.2.